The van der Waals surface area contributed by atoms with Crippen LogP contribution in [-0.2, 0) is 17.6 Å². The van der Waals surface area contributed by atoms with Crippen LogP contribution >= 0.6 is 12.2 Å². The van der Waals surface area contributed by atoms with E-state index in [1.807, 2.05) is 0 Å². The van der Waals surface area contributed by atoms with Crippen LogP contribution in [0, 0.1) is 5.92 Å². The molecule has 4 nitrogen and oxygen atoms in total. The largest absolute Gasteiger partial charge is 0.369 e. The van der Waals surface area contributed by atoms with Crippen molar-refractivity contribution >= 4 is 28.9 Å². The third-order valence-corrected chi connectivity index (χ3v) is 4.70. The van der Waals surface area contributed by atoms with E-state index in [0.717, 1.165) is 37.9 Å². The maximum Gasteiger partial charge on any atom is 0.222 e. The van der Waals surface area contributed by atoms with Crippen molar-refractivity contribution in [1.82, 2.24) is 4.90 Å². The lowest BCUT2D eigenvalue weighted by atomic mass is 9.98. The number of hydrogen-bond acceptors (Lipinski definition) is 2. The van der Waals surface area contributed by atoms with Gasteiger partial charge in [0.25, 0.3) is 0 Å². The minimum absolute atomic E-state index is 0.0967. The summed E-state index contributed by atoms with van der Waals surface area (Å²) in [7, 11) is 0. The van der Waals surface area contributed by atoms with Gasteiger partial charge in [0.1, 0.15) is 0 Å². The highest BCUT2D eigenvalue weighted by molar-refractivity contribution is 7.80. The first kappa shape index (κ1) is 16.7. The van der Waals surface area contributed by atoms with Crippen LogP contribution in [0.2, 0.25) is 0 Å². The molecule has 1 aliphatic heterocycles. The van der Waals surface area contributed by atoms with E-state index >= 15 is 0 Å². The zero-order valence-electron chi connectivity index (χ0n) is 13.4. The van der Waals surface area contributed by atoms with Crippen LogP contribution in [0.1, 0.15) is 37.8 Å². The minimum atomic E-state index is -0.226. The summed E-state index contributed by atoms with van der Waals surface area (Å²) in [6.45, 7) is 5.79. The molecular formula is C17H25N3OS. The molecule has 0 radical (unpaired) electrons. The number of rotatable bonds is 4. The lowest BCUT2D eigenvalue weighted by molar-refractivity contribution is -0.122. The zero-order valence-corrected chi connectivity index (χ0v) is 14.2. The molecule has 5 heteroatoms. The molecule has 1 saturated heterocycles. The minimum Gasteiger partial charge on any atom is -0.369 e. The topological polar surface area (TPSA) is 58.4 Å². The number of nitrogens with two attached hydrogens (primary N) is 1. The van der Waals surface area contributed by atoms with Gasteiger partial charge in [-0.1, -0.05) is 32.0 Å². The summed E-state index contributed by atoms with van der Waals surface area (Å²) < 4.78 is 0. The fraction of sp³-hybridized carbons (Fsp3) is 0.529. The summed E-state index contributed by atoms with van der Waals surface area (Å²) in [4.78, 5) is 13.5. The van der Waals surface area contributed by atoms with Crippen molar-refractivity contribution in [3.05, 3.63) is 29.3 Å². The summed E-state index contributed by atoms with van der Waals surface area (Å²) in [5, 5.41) is 4.11. The van der Waals surface area contributed by atoms with E-state index in [1.54, 1.807) is 0 Å². The number of nitrogens with zero attached hydrogens (tertiary/aromatic N) is 1. The van der Waals surface area contributed by atoms with E-state index in [9.17, 15) is 4.79 Å². The number of carbonyl (C=O) groups excluding carboxylic acids is 1. The highest BCUT2D eigenvalue weighted by Crippen LogP contribution is 2.24. The van der Waals surface area contributed by atoms with Crippen LogP contribution in [0.15, 0.2) is 18.2 Å². The lowest BCUT2D eigenvalue weighted by Gasteiger charge is -2.33. The molecule has 1 atom stereocenters. The van der Waals surface area contributed by atoms with Crippen LogP contribution in [0.25, 0.3) is 0 Å². The van der Waals surface area contributed by atoms with Crippen LogP contribution in [0.5, 0.6) is 0 Å². The molecule has 0 saturated carbocycles. The molecule has 1 fully saturated rings. The maximum absolute atomic E-state index is 11.4. The molecule has 1 heterocycles. The third kappa shape index (κ3) is 3.77. The van der Waals surface area contributed by atoms with E-state index in [4.69, 9.17) is 18.0 Å². The van der Waals surface area contributed by atoms with Gasteiger partial charge in [0, 0.05) is 18.8 Å². The Morgan fingerprint density at radius 3 is 2.55 bits per heavy atom. The number of carbonyl (C=O) groups is 1. The average molecular weight is 319 g/mol. The molecule has 1 aromatic carbocycles. The molecular weight excluding hydrogens is 294 g/mol. The second kappa shape index (κ2) is 7.58. The Morgan fingerprint density at radius 2 is 2.00 bits per heavy atom. The highest BCUT2D eigenvalue weighted by atomic mass is 32.1. The van der Waals surface area contributed by atoms with Gasteiger partial charge in [-0.3, -0.25) is 4.79 Å². The third-order valence-electron chi connectivity index (χ3n) is 4.34. The Balaban J connectivity index is 2.13. The summed E-state index contributed by atoms with van der Waals surface area (Å²) in [6, 6.07) is 6.36. The molecule has 22 heavy (non-hydrogen) atoms. The number of amides is 1. The predicted molar refractivity (Wildman–Crippen MR) is 94.9 cm³/mol. The van der Waals surface area contributed by atoms with Gasteiger partial charge < -0.3 is 16.0 Å². The number of aryl methyl sites for hydroxylation is 2. The van der Waals surface area contributed by atoms with Crippen molar-refractivity contribution < 1.29 is 4.79 Å². The summed E-state index contributed by atoms with van der Waals surface area (Å²) >= 11 is 5.57. The molecule has 0 bridgehead atoms. The first-order chi connectivity index (χ1) is 10.6. The summed E-state index contributed by atoms with van der Waals surface area (Å²) in [6.07, 6.45) is 3.73. The van der Waals surface area contributed by atoms with Gasteiger partial charge in [0.05, 0.1) is 5.92 Å². The molecule has 1 amide bonds. The van der Waals surface area contributed by atoms with Crippen molar-refractivity contribution in [2.45, 2.75) is 39.5 Å². The Labute approximate surface area is 138 Å². The van der Waals surface area contributed by atoms with Gasteiger partial charge in [-0.15, -0.1) is 0 Å². The van der Waals surface area contributed by atoms with Crippen LogP contribution < -0.4 is 11.1 Å². The van der Waals surface area contributed by atoms with Gasteiger partial charge in [-0.05, 0) is 49.0 Å². The Kier molecular flexibility index (Phi) is 5.77. The molecule has 2 rings (SSSR count). The standard InChI is InChI=1S/C17H25N3OS/c1-3-12-7-5-8-13(4-2)15(12)19-17(22)20-10-6-9-14(11-20)16(18)21/h5,7-8,14H,3-4,6,9-11H2,1-2H3,(H2,18,21)(H,19,22). The molecule has 0 aliphatic carbocycles. The second-order valence-corrected chi connectivity index (χ2v) is 6.16. The number of piperidine rings is 1. The molecule has 1 aliphatic rings. The molecule has 0 spiro atoms. The van der Waals surface area contributed by atoms with Crippen LogP contribution in [0.4, 0.5) is 5.69 Å². The van der Waals surface area contributed by atoms with Gasteiger partial charge in [0.2, 0.25) is 5.91 Å². The number of thiocarbonyl (C=S) groups is 1. The van der Waals surface area contributed by atoms with E-state index in [1.165, 1.54) is 11.1 Å². The number of benzene rings is 1. The number of hydrogen-bond donors (Lipinski definition) is 2. The van der Waals surface area contributed by atoms with Gasteiger partial charge in [0.15, 0.2) is 5.11 Å². The maximum atomic E-state index is 11.4. The van der Waals surface area contributed by atoms with Crippen molar-refractivity contribution in [3.63, 3.8) is 0 Å². The molecule has 0 aromatic heterocycles. The number of anilines is 1. The first-order valence-electron chi connectivity index (χ1n) is 8.02. The Morgan fingerprint density at radius 1 is 1.36 bits per heavy atom. The number of likely N-dealkylation sites (tertiary alicyclic amines) is 1. The SMILES string of the molecule is CCc1cccc(CC)c1NC(=S)N1CCCC(C(N)=O)C1. The average Bonchev–Trinajstić information content (AvgIpc) is 2.55. The lowest BCUT2D eigenvalue weighted by Crippen LogP contribution is -2.45. The summed E-state index contributed by atoms with van der Waals surface area (Å²) in [5.41, 5.74) is 9.11. The number of para-hydroxylation sites is 1. The number of nitrogens with one attached hydrogen (secondary N) is 1. The quantitative estimate of drug-likeness (QED) is 0.838. The van der Waals surface area contributed by atoms with Crippen molar-refractivity contribution in [2.24, 2.45) is 11.7 Å². The van der Waals surface area contributed by atoms with Crippen molar-refractivity contribution in [3.8, 4) is 0 Å². The zero-order chi connectivity index (χ0) is 16.1. The summed E-state index contributed by atoms with van der Waals surface area (Å²) in [5.74, 6) is -0.323. The van der Waals surface area contributed by atoms with Crippen molar-refractivity contribution in [1.29, 1.82) is 0 Å². The molecule has 120 valence electrons. The fourth-order valence-corrected chi connectivity index (χ4v) is 3.25. The van der Waals surface area contributed by atoms with E-state index in [0.29, 0.717) is 11.7 Å². The number of primary amides is 1. The van der Waals surface area contributed by atoms with E-state index in [-0.39, 0.29) is 11.8 Å². The van der Waals surface area contributed by atoms with Crippen molar-refractivity contribution in [2.75, 3.05) is 18.4 Å². The molecule has 1 unspecified atom stereocenters. The fourth-order valence-electron chi connectivity index (χ4n) is 2.98. The molecule has 1 aromatic rings. The second-order valence-electron chi connectivity index (χ2n) is 5.78. The highest BCUT2D eigenvalue weighted by Gasteiger charge is 2.25. The monoisotopic (exact) mass is 319 g/mol. The van der Waals surface area contributed by atoms with Gasteiger partial charge in [-0.25, -0.2) is 0 Å². The Hall–Kier alpha value is -1.62. The smallest absolute Gasteiger partial charge is 0.222 e. The predicted octanol–water partition coefficient (Wildman–Crippen LogP) is 2.71. The normalized spacial score (nSPS) is 18.1. The molecule has 3 N–H and O–H groups in total. The van der Waals surface area contributed by atoms with Gasteiger partial charge in [-0.2, -0.15) is 0 Å². The van der Waals surface area contributed by atoms with Crippen LogP contribution in [0.3, 0.4) is 0 Å². The van der Waals surface area contributed by atoms with Crippen LogP contribution in [-0.4, -0.2) is 29.0 Å². The first-order valence-corrected chi connectivity index (χ1v) is 8.43. The van der Waals surface area contributed by atoms with Gasteiger partial charge >= 0.3 is 0 Å². The Bertz CT molecular complexity index is 537. The van der Waals surface area contributed by atoms with E-state index in [2.05, 4.69) is 42.3 Å². The van der Waals surface area contributed by atoms with E-state index < -0.39 is 0 Å².